The number of amides is 2. The van der Waals surface area contributed by atoms with Crippen LogP contribution < -0.4 is 0 Å². The van der Waals surface area contributed by atoms with Gasteiger partial charge in [-0.05, 0) is 20.8 Å². The molecular formula is C13H19F3N2O4. The number of carbonyl (C=O) groups excluding carboxylic acids is 2. The molecular weight excluding hydrogens is 305 g/mol. The average Bonchev–Trinajstić information content (AvgIpc) is 2.41. The molecule has 0 aromatic rings. The first-order valence-electron chi connectivity index (χ1n) is 6.46. The summed E-state index contributed by atoms with van der Waals surface area (Å²) in [6, 6.07) is 0. The summed E-state index contributed by atoms with van der Waals surface area (Å²) in [7, 11) is 0. The lowest BCUT2D eigenvalue weighted by atomic mass is 10.3. The van der Waals surface area contributed by atoms with Crippen LogP contribution in [0.1, 0.15) is 20.8 Å². The SMILES string of the molecule is C=C(CN(C(=O)OCC)N(C=CC)C(=O)OCC)C(F)(F)F. The van der Waals surface area contributed by atoms with Gasteiger partial charge in [0, 0.05) is 11.8 Å². The van der Waals surface area contributed by atoms with E-state index in [4.69, 9.17) is 4.74 Å². The average molecular weight is 324 g/mol. The Morgan fingerprint density at radius 3 is 2.05 bits per heavy atom. The van der Waals surface area contributed by atoms with E-state index in [1.807, 2.05) is 0 Å². The van der Waals surface area contributed by atoms with Crippen LogP contribution in [-0.2, 0) is 9.47 Å². The Balaban J connectivity index is 5.46. The highest BCUT2D eigenvalue weighted by molar-refractivity contribution is 5.75. The van der Waals surface area contributed by atoms with E-state index in [1.54, 1.807) is 0 Å². The zero-order valence-corrected chi connectivity index (χ0v) is 12.6. The topological polar surface area (TPSA) is 59.1 Å². The molecule has 0 aliphatic rings. The summed E-state index contributed by atoms with van der Waals surface area (Å²) in [6.45, 7) is 6.36. The molecule has 0 fully saturated rings. The number of hydrogen-bond donors (Lipinski definition) is 0. The summed E-state index contributed by atoms with van der Waals surface area (Å²) in [5.74, 6) is 0. The first-order chi connectivity index (χ1) is 10.2. The Morgan fingerprint density at radius 2 is 1.64 bits per heavy atom. The Morgan fingerprint density at radius 1 is 1.14 bits per heavy atom. The highest BCUT2D eigenvalue weighted by Gasteiger charge is 2.37. The van der Waals surface area contributed by atoms with Crippen molar-refractivity contribution in [3.05, 3.63) is 24.4 Å². The van der Waals surface area contributed by atoms with E-state index in [0.717, 1.165) is 6.20 Å². The normalized spacial score (nSPS) is 11.2. The van der Waals surface area contributed by atoms with Crippen LogP contribution in [0.15, 0.2) is 24.4 Å². The number of ether oxygens (including phenoxy) is 2. The minimum Gasteiger partial charge on any atom is -0.448 e. The Bertz CT molecular complexity index is 435. The van der Waals surface area contributed by atoms with Crippen LogP contribution in [0.4, 0.5) is 22.8 Å². The molecule has 0 saturated heterocycles. The van der Waals surface area contributed by atoms with E-state index >= 15 is 0 Å². The molecule has 6 nitrogen and oxygen atoms in total. The fourth-order valence-corrected chi connectivity index (χ4v) is 1.27. The number of rotatable bonds is 5. The Kier molecular flexibility index (Phi) is 8.06. The van der Waals surface area contributed by atoms with Crippen molar-refractivity contribution in [1.29, 1.82) is 0 Å². The van der Waals surface area contributed by atoms with Gasteiger partial charge in [-0.2, -0.15) is 18.2 Å². The molecule has 0 aromatic carbocycles. The molecule has 0 aromatic heterocycles. The van der Waals surface area contributed by atoms with E-state index in [2.05, 4.69) is 11.3 Å². The second-order valence-corrected chi connectivity index (χ2v) is 3.88. The lowest BCUT2D eigenvalue weighted by molar-refractivity contribution is -0.0991. The largest absolute Gasteiger partial charge is 0.448 e. The first-order valence-corrected chi connectivity index (χ1v) is 6.46. The molecule has 9 heteroatoms. The van der Waals surface area contributed by atoms with Crippen LogP contribution in [0.3, 0.4) is 0 Å². The number of carbonyl (C=O) groups is 2. The molecule has 0 aliphatic heterocycles. The van der Waals surface area contributed by atoms with Crippen molar-refractivity contribution in [3.63, 3.8) is 0 Å². The second-order valence-electron chi connectivity index (χ2n) is 3.88. The number of nitrogens with zero attached hydrogens (tertiary/aromatic N) is 2. The van der Waals surface area contributed by atoms with E-state index in [0.29, 0.717) is 10.0 Å². The molecule has 22 heavy (non-hydrogen) atoms. The van der Waals surface area contributed by atoms with Crippen molar-refractivity contribution in [2.75, 3.05) is 19.8 Å². The predicted octanol–water partition coefficient (Wildman–Crippen LogP) is 3.47. The quantitative estimate of drug-likeness (QED) is 0.574. The number of allylic oxidation sites excluding steroid dienone is 1. The van der Waals surface area contributed by atoms with Gasteiger partial charge in [-0.1, -0.05) is 12.7 Å². The molecule has 0 saturated carbocycles. The molecule has 0 rings (SSSR count). The molecule has 0 unspecified atom stereocenters. The standard InChI is InChI=1S/C13H19F3N2O4/c1-5-8-17(11(19)21-6-2)18(12(20)22-7-3)9-10(4)13(14,15)16/h5,8H,4,6-7,9H2,1-3H3. The van der Waals surface area contributed by atoms with Gasteiger partial charge in [0.15, 0.2) is 0 Å². The van der Waals surface area contributed by atoms with Gasteiger partial charge >= 0.3 is 18.4 Å². The molecule has 0 radical (unpaired) electrons. The summed E-state index contributed by atoms with van der Waals surface area (Å²) in [5.41, 5.74) is -1.21. The van der Waals surface area contributed by atoms with Crippen molar-refractivity contribution in [3.8, 4) is 0 Å². The minimum absolute atomic E-state index is 0.0101. The van der Waals surface area contributed by atoms with Crippen LogP contribution in [-0.4, -0.2) is 48.1 Å². The maximum atomic E-state index is 12.6. The zero-order valence-electron chi connectivity index (χ0n) is 12.6. The fraction of sp³-hybridized carbons (Fsp3) is 0.538. The van der Waals surface area contributed by atoms with Gasteiger partial charge in [0.25, 0.3) is 0 Å². The van der Waals surface area contributed by atoms with Crippen molar-refractivity contribution >= 4 is 12.2 Å². The third-order valence-electron chi connectivity index (χ3n) is 2.23. The molecule has 0 aliphatic carbocycles. The maximum Gasteiger partial charge on any atom is 0.433 e. The van der Waals surface area contributed by atoms with Gasteiger partial charge in [0.1, 0.15) is 0 Å². The number of halogens is 3. The van der Waals surface area contributed by atoms with Gasteiger partial charge in [-0.3, -0.25) is 0 Å². The molecule has 0 spiro atoms. The fourth-order valence-electron chi connectivity index (χ4n) is 1.27. The lowest BCUT2D eigenvalue weighted by Crippen LogP contribution is -2.49. The molecule has 0 bridgehead atoms. The van der Waals surface area contributed by atoms with Gasteiger partial charge in [0.05, 0.1) is 19.8 Å². The molecule has 0 N–H and O–H groups in total. The van der Waals surface area contributed by atoms with E-state index in [9.17, 15) is 22.8 Å². The van der Waals surface area contributed by atoms with Gasteiger partial charge < -0.3 is 9.47 Å². The van der Waals surface area contributed by atoms with Gasteiger partial charge in [0.2, 0.25) is 0 Å². The third-order valence-corrected chi connectivity index (χ3v) is 2.23. The van der Waals surface area contributed by atoms with Crippen molar-refractivity contribution in [2.45, 2.75) is 26.9 Å². The molecule has 2 amide bonds. The molecule has 126 valence electrons. The summed E-state index contributed by atoms with van der Waals surface area (Å²) in [5, 5.41) is 1.08. The van der Waals surface area contributed by atoms with E-state index in [-0.39, 0.29) is 13.2 Å². The highest BCUT2D eigenvalue weighted by Crippen LogP contribution is 2.25. The van der Waals surface area contributed by atoms with Gasteiger partial charge in [-0.25, -0.2) is 14.6 Å². The van der Waals surface area contributed by atoms with Gasteiger partial charge in [-0.15, -0.1) is 0 Å². The second kappa shape index (κ2) is 8.96. The monoisotopic (exact) mass is 324 g/mol. The smallest absolute Gasteiger partial charge is 0.433 e. The van der Waals surface area contributed by atoms with Crippen molar-refractivity contribution in [2.24, 2.45) is 0 Å². The van der Waals surface area contributed by atoms with Crippen LogP contribution in [0.25, 0.3) is 0 Å². The molecule has 0 heterocycles. The zero-order chi connectivity index (χ0) is 17.3. The van der Waals surface area contributed by atoms with E-state index < -0.39 is 30.5 Å². The summed E-state index contributed by atoms with van der Waals surface area (Å²) in [4.78, 5) is 23.6. The predicted molar refractivity (Wildman–Crippen MR) is 72.6 cm³/mol. The number of alkyl halides is 3. The Hall–Kier alpha value is -2.19. The van der Waals surface area contributed by atoms with Crippen molar-refractivity contribution < 1.29 is 32.2 Å². The lowest BCUT2D eigenvalue weighted by Gasteiger charge is -2.31. The third kappa shape index (κ3) is 6.06. The summed E-state index contributed by atoms with van der Waals surface area (Å²) in [6.07, 6.45) is -4.39. The van der Waals surface area contributed by atoms with Crippen LogP contribution in [0, 0.1) is 0 Å². The highest BCUT2D eigenvalue weighted by atomic mass is 19.4. The van der Waals surface area contributed by atoms with E-state index in [1.165, 1.54) is 26.8 Å². The summed E-state index contributed by atoms with van der Waals surface area (Å²) >= 11 is 0. The van der Waals surface area contributed by atoms with Crippen LogP contribution >= 0.6 is 0 Å². The van der Waals surface area contributed by atoms with Crippen LogP contribution in [0.2, 0.25) is 0 Å². The molecule has 0 atom stereocenters. The number of hydrogen-bond acceptors (Lipinski definition) is 4. The summed E-state index contributed by atoms with van der Waals surface area (Å²) < 4.78 is 47.3. The maximum absolute atomic E-state index is 12.6. The number of hydrazine groups is 1. The van der Waals surface area contributed by atoms with Crippen molar-refractivity contribution in [1.82, 2.24) is 10.0 Å². The Labute approximate surface area is 126 Å². The first kappa shape index (κ1) is 19.8. The minimum atomic E-state index is -4.71. The van der Waals surface area contributed by atoms with Crippen LogP contribution in [0.5, 0.6) is 0 Å².